The van der Waals surface area contributed by atoms with Gasteiger partial charge in [-0.15, -0.1) is 0 Å². The molecule has 0 saturated carbocycles. The molecule has 0 spiro atoms. The number of likely N-dealkylation sites (N-methyl/N-ethyl adjacent to an activating group) is 1. The number of aryl methyl sites for hydroxylation is 1. The second kappa shape index (κ2) is 5.63. The molecule has 1 saturated heterocycles. The maximum Gasteiger partial charge on any atom is 0.0894 e. The first kappa shape index (κ1) is 12.6. The lowest BCUT2D eigenvalue weighted by molar-refractivity contribution is -0.0660. The van der Waals surface area contributed by atoms with E-state index in [1.165, 1.54) is 11.1 Å². The van der Waals surface area contributed by atoms with Crippen LogP contribution in [0.1, 0.15) is 24.1 Å². The first-order valence-corrected chi connectivity index (χ1v) is 6.39. The number of nitrogens with zero attached hydrogens (tertiary/aromatic N) is 1. The summed E-state index contributed by atoms with van der Waals surface area (Å²) in [4.78, 5) is 2.46. The second-order valence-electron chi connectivity index (χ2n) is 4.57. The molecule has 0 aliphatic carbocycles. The zero-order valence-electron chi connectivity index (χ0n) is 10.7. The van der Waals surface area contributed by atoms with Crippen LogP contribution in [0, 0.1) is 6.92 Å². The molecular formula is C14H22N2O. The molecule has 2 unspecified atom stereocenters. The predicted octanol–water partition coefficient (Wildman–Crippen LogP) is 1.72. The van der Waals surface area contributed by atoms with Crippen LogP contribution in [0.3, 0.4) is 0 Å². The van der Waals surface area contributed by atoms with Crippen LogP contribution in [0.5, 0.6) is 0 Å². The van der Waals surface area contributed by atoms with Gasteiger partial charge in [0.15, 0.2) is 0 Å². The van der Waals surface area contributed by atoms with Gasteiger partial charge in [-0.05, 0) is 24.6 Å². The fourth-order valence-corrected chi connectivity index (χ4v) is 2.65. The fourth-order valence-electron chi connectivity index (χ4n) is 2.65. The predicted molar refractivity (Wildman–Crippen MR) is 70.0 cm³/mol. The van der Waals surface area contributed by atoms with Crippen molar-refractivity contribution in [3.05, 3.63) is 35.4 Å². The summed E-state index contributed by atoms with van der Waals surface area (Å²) in [5, 5.41) is 0. The summed E-state index contributed by atoms with van der Waals surface area (Å²) < 4.78 is 5.81. The Labute approximate surface area is 104 Å². The standard InChI is InChI=1S/C14H22N2O/c1-3-16-8-9-17-13(10-15)14(16)12-7-5-4-6-11(12)2/h4-7,13-14H,3,8-10,15H2,1-2H3. The molecule has 2 N–H and O–H groups in total. The lowest BCUT2D eigenvalue weighted by Gasteiger charge is -2.41. The van der Waals surface area contributed by atoms with Gasteiger partial charge in [0.05, 0.1) is 18.8 Å². The van der Waals surface area contributed by atoms with Gasteiger partial charge in [-0.25, -0.2) is 0 Å². The molecule has 1 aromatic rings. The average Bonchev–Trinajstić information content (AvgIpc) is 2.38. The zero-order valence-corrected chi connectivity index (χ0v) is 10.7. The molecule has 0 radical (unpaired) electrons. The molecule has 2 atom stereocenters. The van der Waals surface area contributed by atoms with Crippen LogP contribution >= 0.6 is 0 Å². The van der Waals surface area contributed by atoms with Gasteiger partial charge < -0.3 is 10.5 Å². The number of ether oxygens (including phenoxy) is 1. The third-order valence-corrected chi connectivity index (χ3v) is 3.60. The molecule has 1 fully saturated rings. The van der Waals surface area contributed by atoms with Crippen molar-refractivity contribution in [2.75, 3.05) is 26.2 Å². The Morgan fingerprint density at radius 1 is 1.41 bits per heavy atom. The van der Waals surface area contributed by atoms with Crippen molar-refractivity contribution in [1.82, 2.24) is 4.90 Å². The van der Waals surface area contributed by atoms with Crippen molar-refractivity contribution in [3.63, 3.8) is 0 Å². The molecule has 0 aromatic heterocycles. The Kier molecular flexibility index (Phi) is 4.15. The summed E-state index contributed by atoms with van der Waals surface area (Å²) in [6.45, 7) is 7.76. The largest absolute Gasteiger partial charge is 0.374 e. The van der Waals surface area contributed by atoms with E-state index in [1.54, 1.807) is 0 Å². The van der Waals surface area contributed by atoms with E-state index in [-0.39, 0.29) is 6.10 Å². The van der Waals surface area contributed by atoms with Gasteiger partial charge in [0.25, 0.3) is 0 Å². The second-order valence-corrected chi connectivity index (χ2v) is 4.57. The minimum atomic E-state index is 0.116. The van der Waals surface area contributed by atoms with Gasteiger partial charge >= 0.3 is 0 Å². The van der Waals surface area contributed by atoms with E-state index in [9.17, 15) is 0 Å². The Morgan fingerprint density at radius 3 is 2.82 bits per heavy atom. The highest BCUT2D eigenvalue weighted by Gasteiger charge is 2.32. The summed E-state index contributed by atoms with van der Waals surface area (Å²) in [6, 6.07) is 8.83. The molecule has 17 heavy (non-hydrogen) atoms. The van der Waals surface area contributed by atoms with Gasteiger partial charge in [-0.1, -0.05) is 31.2 Å². The van der Waals surface area contributed by atoms with E-state index in [0.717, 1.165) is 19.7 Å². The van der Waals surface area contributed by atoms with E-state index >= 15 is 0 Å². The van der Waals surface area contributed by atoms with Gasteiger partial charge in [0, 0.05) is 13.1 Å². The number of morpholine rings is 1. The summed E-state index contributed by atoms with van der Waals surface area (Å²) in [5.41, 5.74) is 8.52. The first-order chi connectivity index (χ1) is 8.27. The summed E-state index contributed by atoms with van der Waals surface area (Å²) in [6.07, 6.45) is 0.116. The Hall–Kier alpha value is -0.900. The van der Waals surface area contributed by atoms with Crippen molar-refractivity contribution in [3.8, 4) is 0 Å². The number of nitrogens with two attached hydrogens (primary N) is 1. The number of rotatable bonds is 3. The average molecular weight is 234 g/mol. The molecular weight excluding hydrogens is 212 g/mol. The van der Waals surface area contributed by atoms with Crippen LogP contribution in [-0.2, 0) is 4.74 Å². The number of hydrogen-bond donors (Lipinski definition) is 1. The molecule has 3 nitrogen and oxygen atoms in total. The Morgan fingerprint density at radius 2 is 2.18 bits per heavy atom. The third-order valence-electron chi connectivity index (χ3n) is 3.60. The SMILES string of the molecule is CCN1CCOC(CN)C1c1ccccc1C. The van der Waals surface area contributed by atoms with Gasteiger partial charge in [0.2, 0.25) is 0 Å². The summed E-state index contributed by atoms with van der Waals surface area (Å²) in [7, 11) is 0. The molecule has 0 amide bonds. The van der Waals surface area contributed by atoms with Crippen LogP contribution in [0.15, 0.2) is 24.3 Å². The number of benzene rings is 1. The van der Waals surface area contributed by atoms with Gasteiger partial charge in [0.1, 0.15) is 0 Å². The highest BCUT2D eigenvalue weighted by atomic mass is 16.5. The third kappa shape index (κ3) is 2.51. The minimum absolute atomic E-state index is 0.116. The van der Waals surface area contributed by atoms with Crippen molar-refractivity contribution in [1.29, 1.82) is 0 Å². The zero-order chi connectivity index (χ0) is 12.3. The Balaban J connectivity index is 2.33. The van der Waals surface area contributed by atoms with E-state index in [2.05, 4.69) is 43.0 Å². The monoisotopic (exact) mass is 234 g/mol. The molecule has 94 valence electrons. The Bertz CT molecular complexity index is 355. The molecule has 3 heteroatoms. The summed E-state index contributed by atoms with van der Waals surface area (Å²) in [5.74, 6) is 0. The first-order valence-electron chi connectivity index (χ1n) is 6.39. The van der Waals surface area contributed by atoms with E-state index < -0.39 is 0 Å². The quantitative estimate of drug-likeness (QED) is 0.865. The van der Waals surface area contributed by atoms with Crippen LogP contribution in [0.25, 0.3) is 0 Å². The molecule has 1 aromatic carbocycles. The molecule has 2 rings (SSSR count). The molecule has 1 heterocycles. The lowest BCUT2D eigenvalue weighted by Crippen LogP contribution is -2.48. The van der Waals surface area contributed by atoms with E-state index in [1.807, 2.05) is 0 Å². The normalized spacial score (nSPS) is 26.1. The van der Waals surface area contributed by atoms with E-state index in [4.69, 9.17) is 10.5 Å². The highest BCUT2D eigenvalue weighted by molar-refractivity contribution is 5.30. The van der Waals surface area contributed by atoms with Crippen molar-refractivity contribution < 1.29 is 4.74 Å². The van der Waals surface area contributed by atoms with E-state index in [0.29, 0.717) is 12.6 Å². The topological polar surface area (TPSA) is 38.5 Å². The molecule has 1 aliphatic heterocycles. The smallest absolute Gasteiger partial charge is 0.0894 e. The minimum Gasteiger partial charge on any atom is -0.374 e. The fraction of sp³-hybridized carbons (Fsp3) is 0.571. The van der Waals surface area contributed by atoms with Crippen molar-refractivity contribution >= 4 is 0 Å². The van der Waals surface area contributed by atoms with Crippen LogP contribution in [-0.4, -0.2) is 37.2 Å². The van der Waals surface area contributed by atoms with Crippen LogP contribution < -0.4 is 5.73 Å². The maximum absolute atomic E-state index is 5.85. The maximum atomic E-state index is 5.85. The van der Waals surface area contributed by atoms with Crippen LogP contribution in [0.2, 0.25) is 0 Å². The van der Waals surface area contributed by atoms with Crippen molar-refractivity contribution in [2.24, 2.45) is 5.73 Å². The number of hydrogen-bond acceptors (Lipinski definition) is 3. The van der Waals surface area contributed by atoms with Gasteiger partial charge in [-0.2, -0.15) is 0 Å². The van der Waals surface area contributed by atoms with Crippen LogP contribution in [0.4, 0.5) is 0 Å². The molecule has 0 bridgehead atoms. The summed E-state index contributed by atoms with van der Waals surface area (Å²) >= 11 is 0. The molecule has 1 aliphatic rings. The van der Waals surface area contributed by atoms with Crippen molar-refractivity contribution in [2.45, 2.75) is 26.0 Å². The van der Waals surface area contributed by atoms with Gasteiger partial charge in [-0.3, -0.25) is 4.90 Å². The highest BCUT2D eigenvalue weighted by Crippen LogP contribution is 2.30. The lowest BCUT2D eigenvalue weighted by atomic mass is 9.94.